The standard InChI is InChI=1S/C7H13N3O/c1-4-8-7-10-9-6(11-7)5(2)3/h5H,4H2,1-3H3,(H,8,10). The number of rotatable bonds is 3. The Balaban J connectivity index is 2.66. The van der Waals surface area contributed by atoms with Gasteiger partial charge < -0.3 is 9.73 Å². The first-order valence-corrected chi connectivity index (χ1v) is 3.81. The van der Waals surface area contributed by atoms with Gasteiger partial charge in [-0.15, -0.1) is 5.10 Å². The van der Waals surface area contributed by atoms with Crippen molar-refractivity contribution in [2.45, 2.75) is 26.7 Å². The molecule has 0 saturated carbocycles. The highest BCUT2D eigenvalue weighted by Crippen LogP contribution is 2.13. The van der Waals surface area contributed by atoms with E-state index in [9.17, 15) is 0 Å². The normalized spacial score (nSPS) is 10.5. The molecule has 0 radical (unpaired) electrons. The van der Waals surface area contributed by atoms with E-state index in [1.165, 1.54) is 0 Å². The largest absolute Gasteiger partial charge is 0.408 e. The van der Waals surface area contributed by atoms with Gasteiger partial charge in [-0.1, -0.05) is 18.9 Å². The summed E-state index contributed by atoms with van der Waals surface area (Å²) in [6.07, 6.45) is 0. The lowest BCUT2D eigenvalue weighted by atomic mass is 10.2. The van der Waals surface area contributed by atoms with Crippen LogP contribution in [0.2, 0.25) is 0 Å². The summed E-state index contributed by atoms with van der Waals surface area (Å²) in [5, 5.41) is 10.6. The van der Waals surface area contributed by atoms with Crippen LogP contribution in [0.5, 0.6) is 0 Å². The number of nitrogens with zero attached hydrogens (tertiary/aromatic N) is 2. The molecule has 1 N–H and O–H groups in total. The van der Waals surface area contributed by atoms with Crippen LogP contribution in [-0.2, 0) is 0 Å². The second kappa shape index (κ2) is 3.37. The fourth-order valence-electron chi connectivity index (χ4n) is 0.691. The van der Waals surface area contributed by atoms with Crippen molar-refractivity contribution in [2.75, 3.05) is 11.9 Å². The van der Waals surface area contributed by atoms with E-state index in [1.54, 1.807) is 0 Å². The fraction of sp³-hybridized carbons (Fsp3) is 0.714. The summed E-state index contributed by atoms with van der Waals surface area (Å²) in [5.74, 6) is 0.982. The molecule has 0 bridgehead atoms. The van der Waals surface area contributed by atoms with Crippen molar-refractivity contribution in [3.8, 4) is 0 Å². The molecule has 0 aliphatic heterocycles. The lowest BCUT2D eigenvalue weighted by Crippen LogP contribution is -1.95. The Morgan fingerprint density at radius 1 is 1.45 bits per heavy atom. The monoisotopic (exact) mass is 155 g/mol. The summed E-state index contributed by atoms with van der Waals surface area (Å²) in [7, 11) is 0. The second-order valence-electron chi connectivity index (χ2n) is 2.63. The highest BCUT2D eigenvalue weighted by molar-refractivity contribution is 5.16. The van der Waals surface area contributed by atoms with Gasteiger partial charge in [0.05, 0.1) is 0 Å². The molecule has 11 heavy (non-hydrogen) atoms. The average molecular weight is 155 g/mol. The number of hydrogen-bond donors (Lipinski definition) is 1. The van der Waals surface area contributed by atoms with Crippen molar-refractivity contribution in [1.82, 2.24) is 10.2 Å². The molecule has 1 aromatic rings. The van der Waals surface area contributed by atoms with Gasteiger partial charge in [-0.2, -0.15) is 0 Å². The third-order valence-electron chi connectivity index (χ3n) is 1.26. The highest BCUT2D eigenvalue weighted by Gasteiger charge is 2.07. The van der Waals surface area contributed by atoms with Gasteiger partial charge in [0.2, 0.25) is 5.89 Å². The number of anilines is 1. The molecule has 62 valence electrons. The van der Waals surface area contributed by atoms with Crippen LogP contribution >= 0.6 is 0 Å². The molecule has 0 amide bonds. The van der Waals surface area contributed by atoms with Crippen LogP contribution in [0.25, 0.3) is 0 Å². The van der Waals surface area contributed by atoms with E-state index in [4.69, 9.17) is 4.42 Å². The molecule has 0 fully saturated rings. The van der Waals surface area contributed by atoms with Crippen molar-refractivity contribution in [2.24, 2.45) is 0 Å². The van der Waals surface area contributed by atoms with Crippen LogP contribution in [0.1, 0.15) is 32.6 Å². The van der Waals surface area contributed by atoms with Gasteiger partial charge in [0.15, 0.2) is 0 Å². The van der Waals surface area contributed by atoms with Crippen molar-refractivity contribution in [1.29, 1.82) is 0 Å². The van der Waals surface area contributed by atoms with Crippen LogP contribution in [0.4, 0.5) is 6.01 Å². The molecule has 0 spiro atoms. The lowest BCUT2D eigenvalue weighted by molar-refractivity contribution is 0.481. The first-order valence-electron chi connectivity index (χ1n) is 3.81. The topological polar surface area (TPSA) is 51.0 Å². The SMILES string of the molecule is CCNc1nnc(C(C)C)o1. The summed E-state index contributed by atoms with van der Waals surface area (Å²) in [6, 6.07) is 0.510. The molecule has 1 heterocycles. The number of aromatic nitrogens is 2. The number of nitrogens with one attached hydrogen (secondary N) is 1. The molecule has 0 saturated heterocycles. The van der Waals surface area contributed by atoms with E-state index < -0.39 is 0 Å². The molecule has 0 aromatic carbocycles. The molecule has 1 rings (SSSR count). The van der Waals surface area contributed by atoms with Gasteiger partial charge in [-0.05, 0) is 6.92 Å². The van der Waals surface area contributed by atoms with E-state index in [0.717, 1.165) is 6.54 Å². The zero-order valence-corrected chi connectivity index (χ0v) is 7.09. The molecule has 4 nitrogen and oxygen atoms in total. The van der Waals surface area contributed by atoms with Crippen LogP contribution in [0.3, 0.4) is 0 Å². The van der Waals surface area contributed by atoms with Crippen LogP contribution in [-0.4, -0.2) is 16.7 Å². The predicted molar refractivity (Wildman–Crippen MR) is 42.6 cm³/mol. The minimum Gasteiger partial charge on any atom is -0.408 e. The minimum atomic E-state index is 0.301. The van der Waals surface area contributed by atoms with Crippen molar-refractivity contribution < 1.29 is 4.42 Å². The smallest absolute Gasteiger partial charge is 0.315 e. The molecule has 1 aromatic heterocycles. The maximum absolute atomic E-state index is 5.25. The van der Waals surface area contributed by atoms with E-state index in [2.05, 4.69) is 15.5 Å². The van der Waals surface area contributed by atoms with E-state index in [1.807, 2.05) is 20.8 Å². The van der Waals surface area contributed by atoms with Gasteiger partial charge in [0.25, 0.3) is 0 Å². The van der Waals surface area contributed by atoms with Gasteiger partial charge in [-0.25, -0.2) is 0 Å². The van der Waals surface area contributed by atoms with E-state index >= 15 is 0 Å². The summed E-state index contributed by atoms with van der Waals surface area (Å²) in [5.41, 5.74) is 0. The van der Waals surface area contributed by atoms with Crippen LogP contribution in [0.15, 0.2) is 4.42 Å². The molecule has 0 atom stereocenters. The van der Waals surface area contributed by atoms with Gasteiger partial charge in [0.1, 0.15) is 0 Å². The van der Waals surface area contributed by atoms with Crippen molar-refractivity contribution in [3.63, 3.8) is 0 Å². The first kappa shape index (κ1) is 8.04. The Morgan fingerprint density at radius 3 is 2.64 bits per heavy atom. The van der Waals surface area contributed by atoms with Crippen molar-refractivity contribution >= 4 is 6.01 Å². The van der Waals surface area contributed by atoms with E-state index in [0.29, 0.717) is 17.8 Å². The predicted octanol–water partition coefficient (Wildman–Crippen LogP) is 1.62. The zero-order chi connectivity index (χ0) is 8.27. The maximum Gasteiger partial charge on any atom is 0.315 e. The average Bonchev–Trinajstić information content (AvgIpc) is 2.37. The molecule has 0 unspecified atom stereocenters. The molecular formula is C7H13N3O. The quantitative estimate of drug-likeness (QED) is 0.720. The van der Waals surface area contributed by atoms with Crippen LogP contribution in [0, 0.1) is 0 Å². The zero-order valence-electron chi connectivity index (χ0n) is 7.09. The molecule has 0 aliphatic rings. The summed E-state index contributed by atoms with van der Waals surface area (Å²) in [4.78, 5) is 0. The minimum absolute atomic E-state index is 0.301. The highest BCUT2D eigenvalue weighted by atomic mass is 16.4. The van der Waals surface area contributed by atoms with Gasteiger partial charge in [0, 0.05) is 12.5 Å². The Kier molecular flexibility index (Phi) is 2.46. The molecular weight excluding hydrogens is 142 g/mol. The Hall–Kier alpha value is -1.06. The second-order valence-corrected chi connectivity index (χ2v) is 2.63. The molecule has 4 heteroatoms. The Bertz CT molecular complexity index is 219. The molecule has 0 aliphatic carbocycles. The lowest BCUT2D eigenvalue weighted by Gasteiger charge is -1.94. The third-order valence-corrected chi connectivity index (χ3v) is 1.26. The Morgan fingerprint density at radius 2 is 2.18 bits per heavy atom. The summed E-state index contributed by atoms with van der Waals surface area (Å²) >= 11 is 0. The Labute approximate surface area is 66.0 Å². The van der Waals surface area contributed by atoms with E-state index in [-0.39, 0.29) is 0 Å². The first-order chi connectivity index (χ1) is 5.24. The fourth-order valence-corrected chi connectivity index (χ4v) is 0.691. The van der Waals surface area contributed by atoms with Gasteiger partial charge >= 0.3 is 6.01 Å². The maximum atomic E-state index is 5.25. The van der Waals surface area contributed by atoms with Crippen LogP contribution < -0.4 is 5.32 Å². The summed E-state index contributed by atoms with van der Waals surface area (Å²) < 4.78 is 5.25. The summed E-state index contributed by atoms with van der Waals surface area (Å²) in [6.45, 7) is 6.82. The number of hydrogen-bond acceptors (Lipinski definition) is 4. The van der Waals surface area contributed by atoms with Crippen molar-refractivity contribution in [3.05, 3.63) is 5.89 Å². The third kappa shape index (κ3) is 1.93. The van der Waals surface area contributed by atoms with Gasteiger partial charge in [-0.3, -0.25) is 0 Å².